The van der Waals surface area contributed by atoms with Crippen LogP contribution in [0.3, 0.4) is 0 Å². The number of ether oxygens (including phenoxy) is 2. The molecular weight excluding hydrogens is 361 g/mol. The highest BCUT2D eigenvalue weighted by Crippen LogP contribution is 2.24. The van der Waals surface area contributed by atoms with Crippen LogP contribution >= 0.6 is 0 Å². The van der Waals surface area contributed by atoms with Gasteiger partial charge < -0.3 is 19.7 Å². The number of carbonyl (C=O) groups excluding carboxylic acids is 1. The Hall–Kier alpha value is -2.74. The third-order valence-corrected chi connectivity index (χ3v) is 3.82. The molecule has 0 spiro atoms. The first-order chi connectivity index (χ1) is 12.8. The molecular formula is C19H21F3N2O3. The number of nitrogens with zero attached hydrogens (tertiary/aromatic N) is 1. The minimum atomic E-state index is -1.29. The summed E-state index contributed by atoms with van der Waals surface area (Å²) < 4.78 is 50.3. The first-order valence-corrected chi connectivity index (χ1v) is 8.25. The van der Waals surface area contributed by atoms with E-state index in [1.54, 1.807) is 45.4 Å². The van der Waals surface area contributed by atoms with E-state index in [1.165, 1.54) is 4.90 Å². The molecule has 1 unspecified atom stereocenters. The van der Waals surface area contributed by atoms with Gasteiger partial charge in [0.05, 0.1) is 6.61 Å². The molecule has 1 atom stereocenters. The van der Waals surface area contributed by atoms with E-state index in [-0.39, 0.29) is 12.6 Å². The molecule has 0 aromatic heterocycles. The van der Waals surface area contributed by atoms with Gasteiger partial charge in [-0.1, -0.05) is 12.1 Å². The van der Waals surface area contributed by atoms with Crippen molar-refractivity contribution in [2.75, 3.05) is 27.7 Å². The van der Waals surface area contributed by atoms with Crippen LogP contribution in [0.25, 0.3) is 0 Å². The van der Waals surface area contributed by atoms with Crippen molar-refractivity contribution in [3.05, 3.63) is 59.4 Å². The third-order valence-electron chi connectivity index (χ3n) is 3.82. The van der Waals surface area contributed by atoms with Crippen molar-refractivity contribution in [1.82, 2.24) is 10.2 Å². The highest BCUT2D eigenvalue weighted by atomic mass is 19.2. The van der Waals surface area contributed by atoms with Crippen molar-refractivity contribution in [2.45, 2.75) is 12.5 Å². The fourth-order valence-electron chi connectivity index (χ4n) is 2.36. The monoisotopic (exact) mass is 382 g/mol. The Kier molecular flexibility index (Phi) is 7.06. The van der Waals surface area contributed by atoms with E-state index in [2.05, 4.69) is 5.32 Å². The van der Waals surface area contributed by atoms with E-state index in [9.17, 15) is 18.0 Å². The molecule has 0 bridgehead atoms. The van der Waals surface area contributed by atoms with Gasteiger partial charge in [-0.3, -0.25) is 0 Å². The number of hydrogen-bond acceptors (Lipinski definition) is 4. The number of benzene rings is 2. The number of hydrogen-bond donors (Lipinski definition) is 1. The third kappa shape index (κ3) is 5.62. The first-order valence-electron chi connectivity index (χ1n) is 8.25. The minimum Gasteiger partial charge on any atom is -0.490 e. The van der Waals surface area contributed by atoms with Crippen molar-refractivity contribution in [2.24, 2.45) is 0 Å². The van der Waals surface area contributed by atoms with Gasteiger partial charge >= 0.3 is 6.09 Å². The quantitative estimate of drug-likeness (QED) is 0.738. The lowest BCUT2D eigenvalue weighted by Gasteiger charge is -2.18. The predicted octanol–water partition coefficient (Wildman–Crippen LogP) is 3.89. The number of nitrogens with one attached hydrogen (secondary N) is 1. The van der Waals surface area contributed by atoms with Crippen LogP contribution in [0, 0.1) is 17.5 Å². The van der Waals surface area contributed by atoms with Gasteiger partial charge in [0.15, 0.2) is 11.6 Å². The fourth-order valence-corrected chi connectivity index (χ4v) is 2.36. The smallest absolute Gasteiger partial charge is 0.414 e. The van der Waals surface area contributed by atoms with Gasteiger partial charge in [-0.15, -0.1) is 0 Å². The number of amides is 1. The average molecular weight is 382 g/mol. The van der Waals surface area contributed by atoms with Crippen LogP contribution in [0.15, 0.2) is 36.4 Å². The van der Waals surface area contributed by atoms with Crippen LogP contribution in [0.1, 0.15) is 18.0 Å². The standard InChI is InChI=1S/C19H21F3N2O3/c1-23-16(8-9-26-17-11-13(20)10-15(21)18(17)22)12-4-6-14(7-5-12)27-19(25)24(2)3/h4-7,10-11,16,23H,8-9H2,1-3H3. The summed E-state index contributed by atoms with van der Waals surface area (Å²) in [7, 11) is 4.91. The van der Waals surface area contributed by atoms with Crippen molar-refractivity contribution < 1.29 is 27.4 Å². The van der Waals surface area contributed by atoms with Crippen molar-refractivity contribution >= 4 is 6.09 Å². The summed E-state index contributed by atoms with van der Waals surface area (Å²) in [5.41, 5.74) is 0.886. The maximum Gasteiger partial charge on any atom is 0.414 e. The molecule has 0 heterocycles. The first kappa shape index (κ1) is 20.6. The highest BCUT2D eigenvalue weighted by Gasteiger charge is 2.15. The Morgan fingerprint density at radius 1 is 1.15 bits per heavy atom. The maximum atomic E-state index is 13.6. The Bertz CT molecular complexity index is 783. The molecule has 0 saturated heterocycles. The summed E-state index contributed by atoms with van der Waals surface area (Å²) >= 11 is 0. The topological polar surface area (TPSA) is 50.8 Å². The van der Waals surface area contributed by atoms with Crippen LogP contribution in [-0.4, -0.2) is 38.7 Å². The average Bonchev–Trinajstić information content (AvgIpc) is 2.63. The van der Waals surface area contributed by atoms with Crippen LogP contribution < -0.4 is 14.8 Å². The van der Waals surface area contributed by atoms with E-state index in [4.69, 9.17) is 9.47 Å². The Balaban J connectivity index is 1.96. The van der Waals surface area contributed by atoms with E-state index in [0.717, 1.165) is 11.6 Å². The van der Waals surface area contributed by atoms with Gasteiger partial charge in [-0.2, -0.15) is 4.39 Å². The lowest BCUT2D eigenvalue weighted by molar-refractivity contribution is 0.172. The summed E-state index contributed by atoms with van der Waals surface area (Å²) in [6, 6.07) is 7.99. The number of rotatable bonds is 7. The van der Waals surface area contributed by atoms with E-state index < -0.39 is 29.3 Å². The number of carbonyl (C=O) groups is 1. The van der Waals surface area contributed by atoms with Crippen molar-refractivity contribution in [3.63, 3.8) is 0 Å². The molecule has 0 aliphatic heterocycles. The van der Waals surface area contributed by atoms with E-state index in [0.29, 0.717) is 18.2 Å². The van der Waals surface area contributed by atoms with Crippen LogP contribution in [-0.2, 0) is 0 Å². The molecule has 5 nitrogen and oxygen atoms in total. The molecule has 2 aromatic rings. The van der Waals surface area contributed by atoms with Crippen LogP contribution in [0.4, 0.5) is 18.0 Å². The van der Waals surface area contributed by atoms with Gasteiger partial charge in [-0.05, 0) is 24.7 Å². The van der Waals surface area contributed by atoms with Gasteiger partial charge in [0.25, 0.3) is 0 Å². The molecule has 0 saturated carbocycles. The zero-order valence-electron chi connectivity index (χ0n) is 15.3. The Labute approximate surface area is 155 Å². The molecule has 1 amide bonds. The van der Waals surface area contributed by atoms with Gasteiger partial charge in [-0.25, -0.2) is 13.6 Å². The molecule has 2 aromatic carbocycles. The van der Waals surface area contributed by atoms with Crippen LogP contribution in [0.2, 0.25) is 0 Å². The highest BCUT2D eigenvalue weighted by molar-refractivity contribution is 5.69. The second-order valence-electron chi connectivity index (χ2n) is 6.01. The largest absolute Gasteiger partial charge is 0.490 e. The molecule has 0 fully saturated rings. The molecule has 0 radical (unpaired) electrons. The maximum absolute atomic E-state index is 13.6. The predicted molar refractivity (Wildman–Crippen MR) is 94.4 cm³/mol. The molecule has 146 valence electrons. The zero-order chi connectivity index (χ0) is 20.0. The molecule has 27 heavy (non-hydrogen) atoms. The minimum absolute atomic E-state index is 0.0443. The zero-order valence-corrected chi connectivity index (χ0v) is 15.3. The Morgan fingerprint density at radius 3 is 2.41 bits per heavy atom. The lowest BCUT2D eigenvalue weighted by atomic mass is 10.0. The molecule has 2 rings (SSSR count). The van der Waals surface area contributed by atoms with Crippen molar-refractivity contribution in [1.29, 1.82) is 0 Å². The summed E-state index contributed by atoms with van der Waals surface area (Å²) in [6.07, 6.45) is -0.0593. The second-order valence-corrected chi connectivity index (χ2v) is 6.01. The molecule has 8 heteroatoms. The molecule has 0 aliphatic rings. The summed E-state index contributed by atoms with van der Waals surface area (Å²) in [6.45, 7) is 0.0443. The number of halogens is 3. The van der Waals surface area contributed by atoms with Crippen LogP contribution in [0.5, 0.6) is 11.5 Å². The van der Waals surface area contributed by atoms with Gasteiger partial charge in [0, 0.05) is 38.7 Å². The van der Waals surface area contributed by atoms with Gasteiger partial charge in [0.2, 0.25) is 5.82 Å². The van der Waals surface area contributed by atoms with Gasteiger partial charge in [0.1, 0.15) is 11.6 Å². The normalized spacial score (nSPS) is 11.8. The molecule has 0 aliphatic carbocycles. The van der Waals surface area contributed by atoms with E-state index >= 15 is 0 Å². The summed E-state index contributed by atoms with van der Waals surface area (Å²) in [5, 5.41) is 3.08. The molecule has 1 N–H and O–H groups in total. The second kappa shape index (κ2) is 9.27. The fraction of sp³-hybridized carbons (Fsp3) is 0.316. The van der Waals surface area contributed by atoms with Crippen molar-refractivity contribution in [3.8, 4) is 11.5 Å². The summed E-state index contributed by atoms with van der Waals surface area (Å²) in [5.74, 6) is -3.48. The van der Waals surface area contributed by atoms with E-state index in [1.807, 2.05) is 0 Å². The Morgan fingerprint density at radius 2 is 1.81 bits per heavy atom. The SMILES string of the molecule is CNC(CCOc1cc(F)cc(F)c1F)c1ccc(OC(=O)N(C)C)cc1. The summed E-state index contributed by atoms with van der Waals surface area (Å²) in [4.78, 5) is 12.8. The lowest BCUT2D eigenvalue weighted by Crippen LogP contribution is -2.25.